The summed E-state index contributed by atoms with van der Waals surface area (Å²) >= 11 is 1.21. The molecule has 0 radical (unpaired) electrons. The molecule has 0 aliphatic heterocycles. The molecule has 25 heavy (non-hydrogen) atoms. The van der Waals surface area contributed by atoms with Gasteiger partial charge in [0.05, 0.1) is 5.75 Å². The van der Waals surface area contributed by atoms with Crippen molar-refractivity contribution in [1.82, 2.24) is 20.1 Å². The van der Waals surface area contributed by atoms with Crippen LogP contribution in [0.25, 0.3) is 11.4 Å². The number of nitrogens with one attached hydrogen (secondary N) is 1. The minimum absolute atomic E-state index is 0.0457. The van der Waals surface area contributed by atoms with E-state index in [1.165, 1.54) is 17.3 Å². The highest BCUT2D eigenvalue weighted by Crippen LogP contribution is 2.27. The van der Waals surface area contributed by atoms with Gasteiger partial charge >= 0.3 is 6.03 Å². The Labute approximate surface area is 151 Å². The molecule has 134 valence electrons. The summed E-state index contributed by atoms with van der Waals surface area (Å²) in [6, 6.07) is 7.40. The molecule has 1 aromatic carbocycles. The Bertz CT molecular complexity index is 762. The van der Waals surface area contributed by atoms with Crippen LogP contribution in [-0.2, 0) is 16.8 Å². The predicted molar refractivity (Wildman–Crippen MR) is 98.3 cm³/mol. The third-order valence-corrected chi connectivity index (χ3v) is 4.60. The smallest absolute Gasteiger partial charge is 0.318 e. The maximum absolute atomic E-state index is 11.5. The molecule has 2 aromatic rings. The quantitative estimate of drug-likeness (QED) is 0.797. The van der Waals surface area contributed by atoms with Gasteiger partial charge in [-0.2, -0.15) is 0 Å². The Balaban J connectivity index is 2.19. The topological polar surface area (TPSA) is 103 Å². The highest BCUT2D eigenvalue weighted by molar-refractivity contribution is 7.99. The largest absolute Gasteiger partial charge is 0.351 e. The zero-order valence-corrected chi connectivity index (χ0v) is 15.7. The first-order valence-electron chi connectivity index (χ1n) is 7.98. The number of hydrogen-bond donors (Lipinski definition) is 2. The number of benzene rings is 1. The zero-order valence-electron chi connectivity index (χ0n) is 14.9. The van der Waals surface area contributed by atoms with Crippen molar-refractivity contribution in [3.8, 4) is 11.4 Å². The fourth-order valence-electron chi connectivity index (χ4n) is 2.32. The van der Waals surface area contributed by atoms with E-state index in [-0.39, 0.29) is 11.2 Å². The molecule has 3 N–H and O–H groups in total. The first-order chi connectivity index (χ1) is 11.7. The Kier molecular flexibility index (Phi) is 5.84. The van der Waals surface area contributed by atoms with E-state index < -0.39 is 11.9 Å². The van der Waals surface area contributed by atoms with Gasteiger partial charge in [-0.1, -0.05) is 56.8 Å². The standard InChI is InChI=1S/C17H23N5O2S/c1-5-22-14(11-6-8-12(9-7-11)17(2,3)4)20-21-16(22)25-10-13(23)19-15(18)24/h6-9H,5,10H2,1-4H3,(H3,18,19,23,24). The number of aromatic nitrogens is 3. The third kappa shape index (κ3) is 4.82. The van der Waals surface area contributed by atoms with E-state index >= 15 is 0 Å². The minimum Gasteiger partial charge on any atom is -0.351 e. The lowest BCUT2D eigenvalue weighted by atomic mass is 9.87. The van der Waals surface area contributed by atoms with Gasteiger partial charge in [-0.3, -0.25) is 10.1 Å². The van der Waals surface area contributed by atoms with Crippen LogP contribution < -0.4 is 11.1 Å². The lowest BCUT2D eigenvalue weighted by molar-refractivity contribution is -0.117. The number of carbonyl (C=O) groups excluding carboxylic acids is 2. The molecule has 0 bridgehead atoms. The minimum atomic E-state index is -0.859. The maximum Gasteiger partial charge on any atom is 0.318 e. The van der Waals surface area contributed by atoms with E-state index in [0.29, 0.717) is 11.7 Å². The zero-order chi connectivity index (χ0) is 18.6. The van der Waals surface area contributed by atoms with E-state index in [9.17, 15) is 9.59 Å². The normalized spacial score (nSPS) is 11.4. The molecule has 7 nitrogen and oxygen atoms in total. The first kappa shape index (κ1) is 19.0. The second-order valence-electron chi connectivity index (χ2n) is 6.58. The van der Waals surface area contributed by atoms with E-state index in [1.807, 2.05) is 28.9 Å². The predicted octanol–water partition coefficient (Wildman–Crippen LogP) is 2.55. The van der Waals surface area contributed by atoms with E-state index in [4.69, 9.17) is 5.73 Å². The van der Waals surface area contributed by atoms with Crippen molar-refractivity contribution in [2.24, 2.45) is 5.73 Å². The van der Waals surface area contributed by atoms with Crippen LogP contribution in [0.3, 0.4) is 0 Å². The van der Waals surface area contributed by atoms with Crippen molar-refractivity contribution < 1.29 is 9.59 Å². The van der Waals surface area contributed by atoms with Crippen LogP contribution in [0.5, 0.6) is 0 Å². The van der Waals surface area contributed by atoms with Crippen molar-refractivity contribution in [2.75, 3.05) is 5.75 Å². The number of thioether (sulfide) groups is 1. The van der Waals surface area contributed by atoms with Crippen LogP contribution in [0.2, 0.25) is 0 Å². The molecule has 0 fully saturated rings. The molecule has 1 heterocycles. The van der Waals surface area contributed by atoms with Gasteiger partial charge in [0.2, 0.25) is 5.91 Å². The Morgan fingerprint density at radius 1 is 1.20 bits per heavy atom. The number of rotatable bonds is 5. The Hall–Kier alpha value is -2.35. The molecule has 0 spiro atoms. The van der Waals surface area contributed by atoms with E-state index in [2.05, 4.69) is 43.1 Å². The number of urea groups is 1. The van der Waals surface area contributed by atoms with Crippen LogP contribution in [0, 0.1) is 0 Å². The lowest BCUT2D eigenvalue weighted by Gasteiger charge is -2.19. The summed E-state index contributed by atoms with van der Waals surface area (Å²) in [4.78, 5) is 22.2. The summed E-state index contributed by atoms with van der Waals surface area (Å²) in [5.74, 6) is 0.337. The van der Waals surface area contributed by atoms with Crippen molar-refractivity contribution in [3.63, 3.8) is 0 Å². The fourth-order valence-corrected chi connectivity index (χ4v) is 3.12. The molecule has 2 rings (SSSR count). The van der Waals surface area contributed by atoms with Gasteiger partial charge in [-0.15, -0.1) is 10.2 Å². The summed E-state index contributed by atoms with van der Waals surface area (Å²) in [5.41, 5.74) is 7.23. The SMILES string of the molecule is CCn1c(SCC(=O)NC(N)=O)nnc1-c1ccc(C(C)(C)C)cc1. The molecule has 0 atom stereocenters. The molecule has 0 aliphatic carbocycles. The number of nitrogens with two attached hydrogens (primary N) is 1. The van der Waals surface area contributed by atoms with Gasteiger partial charge in [0.1, 0.15) is 0 Å². The third-order valence-electron chi connectivity index (χ3n) is 3.64. The number of amides is 3. The van der Waals surface area contributed by atoms with E-state index in [1.54, 1.807) is 0 Å². The van der Waals surface area contributed by atoms with Crippen molar-refractivity contribution >= 4 is 23.7 Å². The van der Waals surface area contributed by atoms with Crippen LogP contribution in [-0.4, -0.2) is 32.5 Å². The Morgan fingerprint density at radius 3 is 2.36 bits per heavy atom. The summed E-state index contributed by atoms with van der Waals surface area (Å²) in [5, 5.41) is 11.1. The molecule has 0 saturated carbocycles. The molecule has 3 amide bonds. The summed E-state index contributed by atoms with van der Waals surface area (Å²) in [6.45, 7) is 9.17. The highest BCUT2D eigenvalue weighted by atomic mass is 32.2. The molecule has 0 unspecified atom stereocenters. The average Bonchev–Trinajstić information content (AvgIpc) is 2.94. The van der Waals surface area contributed by atoms with Gasteiger partial charge in [0.15, 0.2) is 11.0 Å². The van der Waals surface area contributed by atoms with Gasteiger partial charge < -0.3 is 10.3 Å². The molecule has 0 aliphatic rings. The molecule has 0 saturated heterocycles. The van der Waals surface area contributed by atoms with Crippen molar-refractivity contribution in [3.05, 3.63) is 29.8 Å². The molecule has 8 heteroatoms. The monoisotopic (exact) mass is 361 g/mol. The summed E-state index contributed by atoms with van der Waals surface area (Å²) in [7, 11) is 0. The average molecular weight is 361 g/mol. The highest BCUT2D eigenvalue weighted by Gasteiger charge is 2.17. The molecular formula is C17H23N5O2S. The summed E-state index contributed by atoms with van der Waals surface area (Å²) < 4.78 is 1.94. The van der Waals surface area contributed by atoms with Crippen LogP contribution in [0.1, 0.15) is 33.3 Å². The van der Waals surface area contributed by atoms with Crippen LogP contribution in [0.4, 0.5) is 4.79 Å². The first-order valence-corrected chi connectivity index (χ1v) is 8.97. The van der Waals surface area contributed by atoms with Gasteiger partial charge in [0.25, 0.3) is 0 Å². The van der Waals surface area contributed by atoms with Gasteiger partial charge in [0, 0.05) is 12.1 Å². The van der Waals surface area contributed by atoms with Gasteiger partial charge in [-0.25, -0.2) is 4.79 Å². The number of nitrogens with zero attached hydrogens (tertiary/aromatic N) is 3. The molecular weight excluding hydrogens is 338 g/mol. The maximum atomic E-state index is 11.5. The fraction of sp³-hybridized carbons (Fsp3) is 0.412. The molecule has 1 aromatic heterocycles. The van der Waals surface area contributed by atoms with Crippen molar-refractivity contribution in [1.29, 1.82) is 0 Å². The van der Waals surface area contributed by atoms with Crippen molar-refractivity contribution in [2.45, 2.75) is 44.8 Å². The Morgan fingerprint density at radius 2 is 1.84 bits per heavy atom. The number of hydrogen-bond acceptors (Lipinski definition) is 5. The van der Waals surface area contributed by atoms with Crippen LogP contribution >= 0.6 is 11.8 Å². The summed E-state index contributed by atoms with van der Waals surface area (Å²) in [6.07, 6.45) is 0. The lowest BCUT2D eigenvalue weighted by Crippen LogP contribution is -2.36. The number of primary amides is 1. The number of imide groups is 1. The number of carbonyl (C=O) groups is 2. The van der Waals surface area contributed by atoms with Gasteiger partial charge in [-0.05, 0) is 17.9 Å². The van der Waals surface area contributed by atoms with Crippen LogP contribution in [0.15, 0.2) is 29.4 Å². The second kappa shape index (κ2) is 7.69. The second-order valence-corrected chi connectivity index (χ2v) is 7.52. The van der Waals surface area contributed by atoms with E-state index in [0.717, 1.165) is 11.4 Å².